The van der Waals surface area contributed by atoms with Gasteiger partial charge in [-0.1, -0.05) is 18.2 Å². The molecule has 0 atom stereocenters. The lowest BCUT2D eigenvalue weighted by Crippen LogP contribution is -2.13. The Morgan fingerprint density at radius 1 is 1.14 bits per heavy atom. The molecule has 0 aliphatic carbocycles. The largest absolute Gasteiger partial charge is 0.322 e. The van der Waals surface area contributed by atoms with Crippen molar-refractivity contribution in [2.24, 2.45) is 0 Å². The number of carbonyl (C=O) groups excluding carboxylic acids is 1. The minimum atomic E-state index is -0.457. The molecule has 0 bridgehead atoms. The highest BCUT2D eigenvalue weighted by Crippen LogP contribution is 2.28. The molecule has 28 heavy (non-hydrogen) atoms. The Hall–Kier alpha value is -2.90. The molecule has 0 aliphatic rings. The molecule has 0 radical (unpaired) electrons. The maximum absolute atomic E-state index is 14.4. The fourth-order valence-electron chi connectivity index (χ4n) is 2.70. The molecule has 0 fully saturated rings. The van der Waals surface area contributed by atoms with Crippen LogP contribution in [0.5, 0.6) is 0 Å². The summed E-state index contributed by atoms with van der Waals surface area (Å²) in [6, 6.07) is 17.8. The topological polar surface area (TPSA) is 46.9 Å². The van der Waals surface area contributed by atoms with Gasteiger partial charge in [-0.3, -0.25) is 4.79 Å². The van der Waals surface area contributed by atoms with Crippen molar-refractivity contribution in [2.45, 2.75) is 10.6 Å². The number of anilines is 1. The number of nitrogens with zero attached hydrogens (tertiary/aromatic N) is 2. The lowest BCUT2D eigenvalue weighted by atomic mass is 10.2. The number of nitrogens with one attached hydrogen (secondary N) is 1. The van der Waals surface area contributed by atoms with Crippen LogP contribution in [0.3, 0.4) is 0 Å². The number of rotatable bonds is 6. The van der Waals surface area contributed by atoms with E-state index in [1.54, 1.807) is 59.8 Å². The van der Waals surface area contributed by atoms with Crippen LogP contribution in [0.25, 0.3) is 5.69 Å². The van der Waals surface area contributed by atoms with E-state index in [9.17, 15) is 9.18 Å². The Bertz CT molecular complexity index is 1080. The Labute approximate surface area is 170 Å². The molecule has 140 valence electrons. The number of amides is 1. The van der Waals surface area contributed by atoms with E-state index < -0.39 is 5.82 Å². The van der Waals surface area contributed by atoms with Gasteiger partial charge in [-0.25, -0.2) is 9.07 Å². The van der Waals surface area contributed by atoms with Crippen molar-refractivity contribution >= 4 is 34.7 Å². The predicted molar refractivity (Wildman–Crippen MR) is 112 cm³/mol. The summed E-state index contributed by atoms with van der Waals surface area (Å²) in [7, 11) is 0. The summed E-state index contributed by atoms with van der Waals surface area (Å²) in [5.41, 5.74) is 1.30. The summed E-state index contributed by atoms with van der Waals surface area (Å²) in [5.74, 6) is 0.0807. The van der Waals surface area contributed by atoms with E-state index in [-0.39, 0.29) is 5.91 Å². The second-order valence-corrected chi connectivity index (χ2v) is 7.98. The first-order chi connectivity index (χ1) is 13.7. The molecule has 2 aromatic heterocycles. The summed E-state index contributed by atoms with van der Waals surface area (Å²) < 4.78 is 15.9. The number of halogens is 1. The van der Waals surface area contributed by atoms with Crippen molar-refractivity contribution in [3.05, 3.63) is 94.7 Å². The molecule has 4 nitrogen and oxygen atoms in total. The molecule has 7 heteroatoms. The smallest absolute Gasteiger partial charge is 0.256 e. The van der Waals surface area contributed by atoms with Crippen LogP contribution in [0.1, 0.15) is 15.2 Å². The summed E-state index contributed by atoms with van der Waals surface area (Å²) >= 11 is 3.30. The van der Waals surface area contributed by atoms with Crippen LogP contribution in [0.4, 0.5) is 10.1 Å². The third-order valence-electron chi connectivity index (χ3n) is 4.04. The Morgan fingerprint density at radius 3 is 2.79 bits per heavy atom. The first-order valence-electron chi connectivity index (χ1n) is 8.56. The van der Waals surface area contributed by atoms with Gasteiger partial charge in [-0.2, -0.15) is 5.10 Å². The summed E-state index contributed by atoms with van der Waals surface area (Å²) in [5, 5.41) is 8.85. The fourth-order valence-corrected chi connectivity index (χ4v) is 4.53. The van der Waals surface area contributed by atoms with Gasteiger partial charge in [0.15, 0.2) is 5.82 Å². The number of benzene rings is 2. The van der Waals surface area contributed by atoms with E-state index >= 15 is 0 Å². The second kappa shape index (κ2) is 8.41. The normalized spacial score (nSPS) is 10.8. The van der Waals surface area contributed by atoms with Crippen LogP contribution in [0.15, 0.2) is 83.3 Å². The van der Waals surface area contributed by atoms with Gasteiger partial charge in [-0.05, 0) is 47.8 Å². The van der Waals surface area contributed by atoms with E-state index in [1.807, 2.05) is 29.6 Å². The monoisotopic (exact) mass is 409 g/mol. The molecule has 0 unspecified atom stereocenters. The molecule has 0 saturated heterocycles. The molecular formula is C21H16FN3OS2. The quantitative estimate of drug-likeness (QED) is 0.421. The summed E-state index contributed by atoms with van der Waals surface area (Å²) in [6.45, 7) is 0. The Kier molecular flexibility index (Phi) is 5.55. The fraction of sp³-hybridized carbons (Fsp3) is 0.0476. The van der Waals surface area contributed by atoms with Crippen molar-refractivity contribution in [3.8, 4) is 5.69 Å². The molecule has 0 saturated carbocycles. The van der Waals surface area contributed by atoms with Gasteiger partial charge in [0.05, 0.1) is 5.56 Å². The average Bonchev–Trinajstić information content (AvgIpc) is 3.41. The SMILES string of the molecule is O=C(Nc1ccc(-n2cccn2)c(F)c1)c1ccccc1SCc1cccs1. The van der Waals surface area contributed by atoms with E-state index in [0.29, 0.717) is 16.9 Å². The lowest BCUT2D eigenvalue weighted by Gasteiger charge is -2.11. The molecular weight excluding hydrogens is 393 g/mol. The van der Waals surface area contributed by atoms with Crippen molar-refractivity contribution in [1.82, 2.24) is 9.78 Å². The van der Waals surface area contributed by atoms with Gasteiger partial charge in [0.25, 0.3) is 5.91 Å². The van der Waals surface area contributed by atoms with Crippen molar-refractivity contribution in [2.75, 3.05) is 5.32 Å². The van der Waals surface area contributed by atoms with Gasteiger partial charge in [0.2, 0.25) is 0 Å². The van der Waals surface area contributed by atoms with Crippen molar-refractivity contribution in [3.63, 3.8) is 0 Å². The number of hydrogen-bond donors (Lipinski definition) is 1. The zero-order chi connectivity index (χ0) is 19.3. The van der Waals surface area contributed by atoms with Crippen LogP contribution in [-0.2, 0) is 5.75 Å². The van der Waals surface area contributed by atoms with Crippen molar-refractivity contribution in [1.29, 1.82) is 0 Å². The molecule has 2 heterocycles. The maximum Gasteiger partial charge on any atom is 0.256 e. The van der Waals surface area contributed by atoms with E-state index in [1.165, 1.54) is 15.6 Å². The van der Waals surface area contributed by atoms with Crippen LogP contribution in [0.2, 0.25) is 0 Å². The van der Waals surface area contributed by atoms with Gasteiger partial charge >= 0.3 is 0 Å². The van der Waals surface area contributed by atoms with Gasteiger partial charge in [0, 0.05) is 33.6 Å². The highest BCUT2D eigenvalue weighted by Gasteiger charge is 2.13. The molecule has 4 aromatic rings. The zero-order valence-electron chi connectivity index (χ0n) is 14.7. The zero-order valence-corrected chi connectivity index (χ0v) is 16.3. The number of thiophene rings is 1. The number of hydrogen-bond acceptors (Lipinski definition) is 4. The predicted octanol–water partition coefficient (Wildman–Crippen LogP) is 5.62. The molecule has 4 rings (SSSR count). The standard InChI is InChI=1S/C21H16FN3OS2/c22-18-13-15(8-9-19(18)25-11-4-10-23-25)24-21(26)17-6-1-2-7-20(17)28-14-16-5-3-12-27-16/h1-13H,14H2,(H,24,26). The molecule has 2 aromatic carbocycles. The van der Waals surface area contributed by atoms with Crippen molar-refractivity contribution < 1.29 is 9.18 Å². The molecule has 1 amide bonds. The van der Waals surface area contributed by atoms with Crippen LogP contribution in [0, 0.1) is 5.82 Å². The van der Waals surface area contributed by atoms with Gasteiger partial charge in [-0.15, -0.1) is 23.1 Å². The lowest BCUT2D eigenvalue weighted by molar-refractivity contribution is 0.102. The highest BCUT2D eigenvalue weighted by molar-refractivity contribution is 7.98. The summed E-state index contributed by atoms with van der Waals surface area (Å²) in [4.78, 5) is 14.9. The second-order valence-electron chi connectivity index (χ2n) is 5.94. The minimum Gasteiger partial charge on any atom is -0.322 e. The molecule has 0 spiro atoms. The maximum atomic E-state index is 14.4. The first-order valence-corrected chi connectivity index (χ1v) is 10.4. The van der Waals surface area contributed by atoms with E-state index in [0.717, 1.165) is 10.6 Å². The minimum absolute atomic E-state index is 0.263. The number of carbonyl (C=O) groups is 1. The van der Waals surface area contributed by atoms with Crippen LogP contribution >= 0.6 is 23.1 Å². The third-order valence-corrected chi connectivity index (χ3v) is 6.22. The Morgan fingerprint density at radius 2 is 2.04 bits per heavy atom. The first kappa shape index (κ1) is 18.5. The third kappa shape index (κ3) is 4.16. The average molecular weight is 410 g/mol. The van der Waals surface area contributed by atoms with Crippen LogP contribution < -0.4 is 5.32 Å². The number of aromatic nitrogens is 2. The number of thioether (sulfide) groups is 1. The molecule has 0 aliphatic heterocycles. The Balaban J connectivity index is 1.50. The van der Waals surface area contributed by atoms with E-state index in [2.05, 4.69) is 16.5 Å². The van der Waals surface area contributed by atoms with Crippen LogP contribution in [-0.4, -0.2) is 15.7 Å². The van der Waals surface area contributed by atoms with Gasteiger partial charge < -0.3 is 5.32 Å². The summed E-state index contributed by atoms with van der Waals surface area (Å²) in [6.07, 6.45) is 3.25. The highest BCUT2D eigenvalue weighted by atomic mass is 32.2. The van der Waals surface area contributed by atoms with Gasteiger partial charge in [0.1, 0.15) is 5.69 Å². The molecule has 1 N–H and O–H groups in total. The van der Waals surface area contributed by atoms with E-state index in [4.69, 9.17) is 0 Å².